The van der Waals surface area contributed by atoms with Crippen molar-refractivity contribution in [3.05, 3.63) is 18.6 Å². The number of aliphatic hydroxyl groups excluding tert-OH is 1. The molecule has 0 amide bonds. The summed E-state index contributed by atoms with van der Waals surface area (Å²) in [5, 5.41) is 13.0. The fourth-order valence-corrected chi connectivity index (χ4v) is 2.20. The van der Waals surface area contributed by atoms with Crippen molar-refractivity contribution >= 4 is 23.2 Å². The summed E-state index contributed by atoms with van der Waals surface area (Å²) in [4.78, 5) is 8.69. The standard InChI is InChI=1S/C10H14N4OS/c1-7(6-15)16-10-9-12-3-4-14(9)5-8(11-2)13-10/h3-5,7,11,15H,6H2,1-2H3. The van der Waals surface area contributed by atoms with Crippen molar-refractivity contribution in [1.82, 2.24) is 14.4 Å². The highest BCUT2D eigenvalue weighted by atomic mass is 32.2. The first kappa shape index (κ1) is 11.2. The van der Waals surface area contributed by atoms with Crippen LogP contribution in [-0.2, 0) is 0 Å². The van der Waals surface area contributed by atoms with E-state index >= 15 is 0 Å². The van der Waals surface area contributed by atoms with Gasteiger partial charge in [0.15, 0.2) is 5.65 Å². The van der Waals surface area contributed by atoms with Crippen molar-refractivity contribution in [3.63, 3.8) is 0 Å². The van der Waals surface area contributed by atoms with Gasteiger partial charge in [-0.05, 0) is 0 Å². The Kier molecular flexibility index (Phi) is 3.31. The van der Waals surface area contributed by atoms with Crippen molar-refractivity contribution < 1.29 is 5.11 Å². The molecule has 6 heteroatoms. The summed E-state index contributed by atoms with van der Waals surface area (Å²) in [5.41, 5.74) is 0.823. The number of anilines is 1. The Bertz CT molecular complexity index is 485. The molecule has 0 spiro atoms. The first-order valence-electron chi connectivity index (χ1n) is 5.03. The Morgan fingerprint density at radius 1 is 1.62 bits per heavy atom. The summed E-state index contributed by atoms with van der Waals surface area (Å²) in [6.45, 7) is 2.08. The molecule has 1 unspecified atom stereocenters. The van der Waals surface area contributed by atoms with Crippen molar-refractivity contribution in [2.75, 3.05) is 19.0 Å². The Morgan fingerprint density at radius 3 is 3.12 bits per heavy atom. The summed E-state index contributed by atoms with van der Waals surface area (Å²) in [6, 6.07) is 0. The van der Waals surface area contributed by atoms with Crippen LogP contribution in [0.4, 0.5) is 5.82 Å². The van der Waals surface area contributed by atoms with Gasteiger partial charge < -0.3 is 14.8 Å². The molecule has 2 aromatic heterocycles. The van der Waals surface area contributed by atoms with Gasteiger partial charge >= 0.3 is 0 Å². The molecule has 2 rings (SSSR count). The smallest absolute Gasteiger partial charge is 0.169 e. The molecule has 0 radical (unpaired) electrons. The van der Waals surface area contributed by atoms with E-state index in [9.17, 15) is 0 Å². The van der Waals surface area contributed by atoms with Gasteiger partial charge in [0.25, 0.3) is 0 Å². The molecule has 0 aliphatic rings. The molecule has 0 saturated heterocycles. The van der Waals surface area contributed by atoms with E-state index < -0.39 is 0 Å². The fourth-order valence-electron chi connectivity index (χ4n) is 1.33. The van der Waals surface area contributed by atoms with Crippen LogP contribution >= 0.6 is 11.8 Å². The average Bonchev–Trinajstić information content (AvgIpc) is 2.76. The highest BCUT2D eigenvalue weighted by molar-refractivity contribution is 8.00. The Morgan fingerprint density at radius 2 is 2.44 bits per heavy atom. The molecule has 2 heterocycles. The zero-order valence-corrected chi connectivity index (χ0v) is 10.0. The third-order valence-electron chi connectivity index (χ3n) is 2.17. The van der Waals surface area contributed by atoms with Gasteiger partial charge in [0, 0.05) is 24.7 Å². The van der Waals surface area contributed by atoms with E-state index in [0.29, 0.717) is 0 Å². The average molecular weight is 238 g/mol. The lowest BCUT2D eigenvalue weighted by atomic mass is 10.5. The maximum absolute atomic E-state index is 9.05. The number of imidazole rings is 1. The van der Waals surface area contributed by atoms with Gasteiger partial charge in [0.2, 0.25) is 0 Å². The molecule has 2 aromatic rings. The predicted molar refractivity (Wildman–Crippen MR) is 64.9 cm³/mol. The predicted octanol–water partition coefficient (Wildman–Crippen LogP) is 1.24. The fraction of sp³-hybridized carbons (Fsp3) is 0.400. The lowest BCUT2D eigenvalue weighted by Gasteiger charge is -2.09. The van der Waals surface area contributed by atoms with Crippen molar-refractivity contribution in [3.8, 4) is 0 Å². The van der Waals surface area contributed by atoms with E-state index in [1.54, 1.807) is 6.20 Å². The highest BCUT2D eigenvalue weighted by Crippen LogP contribution is 2.25. The zero-order valence-electron chi connectivity index (χ0n) is 9.21. The van der Waals surface area contributed by atoms with E-state index in [2.05, 4.69) is 15.3 Å². The van der Waals surface area contributed by atoms with Crippen molar-refractivity contribution in [1.29, 1.82) is 0 Å². The van der Waals surface area contributed by atoms with Gasteiger partial charge in [0.05, 0.1) is 12.8 Å². The third-order valence-corrected chi connectivity index (χ3v) is 3.22. The van der Waals surface area contributed by atoms with E-state index in [0.717, 1.165) is 16.5 Å². The lowest BCUT2D eigenvalue weighted by molar-refractivity contribution is 0.300. The number of aromatic nitrogens is 3. The number of aliphatic hydroxyl groups is 1. The quantitative estimate of drug-likeness (QED) is 0.785. The normalized spacial score (nSPS) is 12.9. The van der Waals surface area contributed by atoms with Crippen LogP contribution in [0.25, 0.3) is 5.65 Å². The summed E-state index contributed by atoms with van der Waals surface area (Å²) in [7, 11) is 1.83. The Labute approximate surface area is 97.9 Å². The van der Waals surface area contributed by atoms with Gasteiger partial charge in [-0.3, -0.25) is 0 Å². The summed E-state index contributed by atoms with van der Waals surface area (Å²) in [5.74, 6) is 0.790. The van der Waals surface area contributed by atoms with Crippen LogP contribution in [0.3, 0.4) is 0 Å². The van der Waals surface area contributed by atoms with Gasteiger partial charge in [-0.15, -0.1) is 0 Å². The summed E-state index contributed by atoms with van der Waals surface area (Å²) < 4.78 is 1.92. The molecule has 5 nitrogen and oxygen atoms in total. The molecule has 1 atom stereocenters. The molecule has 86 valence electrons. The van der Waals surface area contributed by atoms with Crippen LogP contribution in [-0.4, -0.2) is 38.4 Å². The Balaban J connectivity index is 2.44. The number of hydrogen-bond donors (Lipinski definition) is 2. The van der Waals surface area contributed by atoms with Crippen LogP contribution in [0.1, 0.15) is 6.92 Å². The number of fused-ring (bicyclic) bond motifs is 1. The molecule has 0 bridgehead atoms. The van der Waals surface area contributed by atoms with E-state index in [4.69, 9.17) is 5.11 Å². The van der Waals surface area contributed by atoms with Gasteiger partial charge in [-0.25, -0.2) is 9.97 Å². The second kappa shape index (κ2) is 4.71. The lowest BCUT2D eigenvalue weighted by Crippen LogP contribution is -2.05. The SMILES string of the molecule is CNc1cn2ccnc2c(SC(C)CO)n1. The van der Waals surface area contributed by atoms with E-state index in [1.807, 2.05) is 30.8 Å². The molecule has 0 aliphatic carbocycles. The molecule has 16 heavy (non-hydrogen) atoms. The second-order valence-corrected chi connectivity index (χ2v) is 4.88. The monoisotopic (exact) mass is 238 g/mol. The summed E-state index contributed by atoms with van der Waals surface area (Å²) in [6.07, 6.45) is 5.51. The van der Waals surface area contributed by atoms with Gasteiger partial charge in [0.1, 0.15) is 10.8 Å². The molecular weight excluding hydrogens is 224 g/mol. The molecule has 0 aliphatic heterocycles. The molecule has 0 aromatic carbocycles. The number of rotatable bonds is 4. The minimum atomic E-state index is 0.111. The van der Waals surface area contributed by atoms with Crippen LogP contribution < -0.4 is 5.32 Å². The van der Waals surface area contributed by atoms with Gasteiger partial charge in [-0.2, -0.15) is 0 Å². The maximum Gasteiger partial charge on any atom is 0.169 e. The first-order valence-corrected chi connectivity index (χ1v) is 5.91. The minimum Gasteiger partial charge on any atom is -0.395 e. The van der Waals surface area contributed by atoms with Crippen LogP contribution in [0.15, 0.2) is 23.6 Å². The minimum absolute atomic E-state index is 0.111. The molecular formula is C10H14N4OS. The van der Waals surface area contributed by atoms with Crippen LogP contribution in [0.5, 0.6) is 0 Å². The summed E-state index contributed by atoms with van der Waals surface area (Å²) >= 11 is 1.52. The topological polar surface area (TPSA) is 62.5 Å². The molecule has 0 saturated carbocycles. The zero-order chi connectivity index (χ0) is 11.5. The third kappa shape index (κ3) is 2.12. The van der Waals surface area contributed by atoms with Crippen molar-refractivity contribution in [2.45, 2.75) is 17.2 Å². The Hall–Kier alpha value is -1.27. The second-order valence-electron chi connectivity index (χ2n) is 3.45. The molecule has 0 fully saturated rings. The van der Waals surface area contributed by atoms with Gasteiger partial charge in [-0.1, -0.05) is 18.7 Å². The number of thioether (sulfide) groups is 1. The largest absolute Gasteiger partial charge is 0.395 e. The number of nitrogens with zero attached hydrogens (tertiary/aromatic N) is 3. The van der Waals surface area contributed by atoms with Crippen LogP contribution in [0, 0.1) is 0 Å². The van der Waals surface area contributed by atoms with E-state index in [1.165, 1.54) is 11.8 Å². The first-order chi connectivity index (χ1) is 7.74. The number of nitrogens with one attached hydrogen (secondary N) is 1. The van der Waals surface area contributed by atoms with E-state index in [-0.39, 0.29) is 11.9 Å². The van der Waals surface area contributed by atoms with Crippen LogP contribution in [0.2, 0.25) is 0 Å². The number of hydrogen-bond acceptors (Lipinski definition) is 5. The van der Waals surface area contributed by atoms with Crippen molar-refractivity contribution in [2.24, 2.45) is 0 Å². The highest BCUT2D eigenvalue weighted by Gasteiger charge is 2.11. The maximum atomic E-state index is 9.05. The molecule has 2 N–H and O–H groups in total.